The normalized spacial score (nSPS) is 13.1. The zero-order valence-electron chi connectivity index (χ0n) is 19.2. The van der Waals surface area contributed by atoms with Gasteiger partial charge in [-0.05, 0) is 36.2 Å². The van der Waals surface area contributed by atoms with Crippen molar-refractivity contribution in [3.63, 3.8) is 0 Å². The fourth-order valence-corrected chi connectivity index (χ4v) is 4.43. The number of nitrogen functional groups attached to an aromatic ring is 1. The zero-order chi connectivity index (χ0) is 24.6. The summed E-state index contributed by atoms with van der Waals surface area (Å²) in [6.07, 6.45) is 8.18. The van der Waals surface area contributed by atoms with Crippen LogP contribution in [0, 0.1) is 10.7 Å². The molecule has 4 aromatic heterocycles. The second-order valence-electron chi connectivity index (χ2n) is 8.43. The van der Waals surface area contributed by atoms with Gasteiger partial charge in [-0.25, -0.2) is 19.3 Å². The standard InChI is InChI=1S/C25H23FN8O/c1-3-7-25(33-35,17-5-4-6-18(26)9-17)22-10-21(31-24(27)32-22)20-13-29-23-19(20)8-15(11-28-23)16-12-30-34(2)14-16/h4-6,8-14H,3,7H2,1-2H3,(H,28,29)(H2,27,31,32). The van der Waals surface area contributed by atoms with E-state index in [1.54, 1.807) is 41.5 Å². The maximum absolute atomic E-state index is 14.1. The van der Waals surface area contributed by atoms with Gasteiger partial charge in [-0.3, -0.25) is 4.68 Å². The number of pyridine rings is 1. The average Bonchev–Trinajstić information content (AvgIpc) is 3.48. The Morgan fingerprint density at radius 1 is 1.17 bits per heavy atom. The molecule has 0 aliphatic carbocycles. The molecule has 0 spiro atoms. The number of rotatable bonds is 7. The lowest BCUT2D eigenvalue weighted by Crippen LogP contribution is -2.27. The summed E-state index contributed by atoms with van der Waals surface area (Å²) < 4.78 is 15.8. The molecule has 0 aliphatic rings. The molecule has 0 aliphatic heterocycles. The molecule has 1 aromatic carbocycles. The number of nitrogens with one attached hydrogen (secondary N) is 1. The summed E-state index contributed by atoms with van der Waals surface area (Å²) in [5.74, 6) is -0.469. The molecule has 5 rings (SSSR count). The highest BCUT2D eigenvalue weighted by Crippen LogP contribution is 2.40. The van der Waals surface area contributed by atoms with E-state index in [0.717, 1.165) is 22.1 Å². The minimum atomic E-state index is -1.41. The van der Waals surface area contributed by atoms with Gasteiger partial charge < -0.3 is 10.7 Å². The van der Waals surface area contributed by atoms with Gasteiger partial charge in [-0.15, -0.1) is 4.91 Å². The van der Waals surface area contributed by atoms with E-state index in [1.807, 2.05) is 26.2 Å². The molecule has 0 saturated heterocycles. The molecular formula is C25H23FN8O. The summed E-state index contributed by atoms with van der Waals surface area (Å²) in [5.41, 5.74) is 9.16. The second-order valence-corrected chi connectivity index (χ2v) is 8.43. The van der Waals surface area contributed by atoms with Gasteiger partial charge in [0.2, 0.25) is 5.95 Å². The molecule has 1 atom stereocenters. The van der Waals surface area contributed by atoms with Crippen LogP contribution in [-0.4, -0.2) is 29.7 Å². The third-order valence-electron chi connectivity index (χ3n) is 6.08. The highest BCUT2D eigenvalue weighted by Gasteiger charge is 2.38. The second kappa shape index (κ2) is 8.71. The fourth-order valence-electron chi connectivity index (χ4n) is 4.43. The predicted octanol–water partition coefficient (Wildman–Crippen LogP) is 4.95. The molecule has 0 radical (unpaired) electrons. The Kier molecular flexibility index (Phi) is 5.56. The maximum atomic E-state index is 14.1. The lowest BCUT2D eigenvalue weighted by molar-refractivity contribution is 0.467. The molecule has 3 N–H and O–H groups in total. The molecule has 0 saturated carbocycles. The lowest BCUT2D eigenvalue weighted by atomic mass is 9.82. The van der Waals surface area contributed by atoms with Crippen LogP contribution in [-0.2, 0) is 12.6 Å². The van der Waals surface area contributed by atoms with Gasteiger partial charge in [-0.2, -0.15) is 5.10 Å². The van der Waals surface area contributed by atoms with Crippen LogP contribution < -0.4 is 5.73 Å². The van der Waals surface area contributed by atoms with Crippen molar-refractivity contribution < 1.29 is 4.39 Å². The van der Waals surface area contributed by atoms with Crippen LogP contribution in [0.25, 0.3) is 33.4 Å². The van der Waals surface area contributed by atoms with Gasteiger partial charge in [0, 0.05) is 47.7 Å². The molecule has 4 heterocycles. The predicted molar refractivity (Wildman–Crippen MR) is 132 cm³/mol. The van der Waals surface area contributed by atoms with E-state index in [1.165, 1.54) is 12.1 Å². The molecule has 0 bridgehead atoms. The average molecular weight is 471 g/mol. The molecule has 176 valence electrons. The van der Waals surface area contributed by atoms with Gasteiger partial charge >= 0.3 is 0 Å². The first-order chi connectivity index (χ1) is 16.9. The largest absolute Gasteiger partial charge is 0.368 e. The van der Waals surface area contributed by atoms with Gasteiger partial charge in [0.05, 0.1) is 17.6 Å². The summed E-state index contributed by atoms with van der Waals surface area (Å²) in [6, 6.07) is 9.55. The quantitative estimate of drug-likeness (QED) is 0.324. The number of hydrogen-bond donors (Lipinski definition) is 2. The number of nitrogens with zero attached hydrogens (tertiary/aromatic N) is 6. The smallest absolute Gasteiger partial charge is 0.220 e. The Hall–Kier alpha value is -4.47. The number of nitrogens with two attached hydrogens (primary N) is 1. The number of halogens is 1. The van der Waals surface area contributed by atoms with Crippen LogP contribution in [0.5, 0.6) is 0 Å². The summed E-state index contributed by atoms with van der Waals surface area (Å²) >= 11 is 0. The van der Waals surface area contributed by atoms with Crippen LogP contribution in [0.3, 0.4) is 0 Å². The number of aryl methyl sites for hydroxylation is 1. The van der Waals surface area contributed by atoms with Gasteiger partial charge in [0.1, 0.15) is 11.5 Å². The van der Waals surface area contributed by atoms with Gasteiger partial charge in [0.25, 0.3) is 0 Å². The van der Waals surface area contributed by atoms with Gasteiger partial charge in [0.15, 0.2) is 5.54 Å². The Labute approximate surface area is 200 Å². The number of fused-ring (bicyclic) bond motifs is 1. The van der Waals surface area contributed by atoms with Crippen molar-refractivity contribution in [2.45, 2.75) is 25.3 Å². The van der Waals surface area contributed by atoms with E-state index in [4.69, 9.17) is 5.73 Å². The van der Waals surface area contributed by atoms with E-state index in [2.05, 4.69) is 30.2 Å². The summed E-state index contributed by atoms with van der Waals surface area (Å²) in [5, 5.41) is 8.53. The van der Waals surface area contributed by atoms with E-state index >= 15 is 0 Å². The number of anilines is 1. The zero-order valence-corrected chi connectivity index (χ0v) is 19.2. The number of aromatic nitrogens is 6. The number of H-pyrrole nitrogens is 1. The monoisotopic (exact) mass is 470 g/mol. The lowest BCUT2D eigenvalue weighted by Gasteiger charge is -2.26. The Balaban J connectivity index is 1.68. The van der Waals surface area contributed by atoms with Crippen molar-refractivity contribution in [3.05, 3.63) is 83.2 Å². The SMILES string of the molecule is CCCC(N=O)(c1cccc(F)c1)c1cc(-c2c[nH]c3ncc(-c4cnn(C)c4)cc23)nc(N)n1. The molecule has 9 nitrogen and oxygen atoms in total. The topological polar surface area (TPSA) is 128 Å². The summed E-state index contributed by atoms with van der Waals surface area (Å²) in [6.45, 7) is 1.93. The minimum absolute atomic E-state index is 0.0104. The van der Waals surface area contributed by atoms with Crippen molar-refractivity contribution in [2.75, 3.05) is 5.73 Å². The Morgan fingerprint density at radius 3 is 2.74 bits per heavy atom. The van der Waals surface area contributed by atoms with Crippen LogP contribution in [0.2, 0.25) is 0 Å². The van der Waals surface area contributed by atoms with Crippen LogP contribution in [0.15, 0.2) is 66.4 Å². The first-order valence-electron chi connectivity index (χ1n) is 11.2. The summed E-state index contributed by atoms with van der Waals surface area (Å²) in [7, 11) is 1.85. The first kappa shape index (κ1) is 22.3. The van der Waals surface area contributed by atoms with E-state index < -0.39 is 11.4 Å². The number of nitroso groups, excluding NO2 is 1. The molecule has 35 heavy (non-hydrogen) atoms. The van der Waals surface area contributed by atoms with E-state index in [-0.39, 0.29) is 5.95 Å². The molecule has 0 amide bonds. The summed E-state index contributed by atoms with van der Waals surface area (Å²) in [4.78, 5) is 28.9. The van der Waals surface area contributed by atoms with Crippen molar-refractivity contribution >= 4 is 17.0 Å². The highest BCUT2D eigenvalue weighted by molar-refractivity contribution is 5.95. The van der Waals surface area contributed by atoms with Crippen molar-refractivity contribution in [3.8, 4) is 22.4 Å². The van der Waals surface area contributed by atoms with Crippen molar-refractivity contribution in [1.82, 2.24) is 29.7 Å². The van der Waals surface area contributed by atoms with E-state index in [9.17, 15) is 9.30 Å². The van der Waals surface area contributed by atoms with Crippen LogP contribution >= 0.6 is 0 Å². The van der Waals surface area contributed by atoms with Crippen molar-refractivity contribution in [2.24, 2.45) is 12.2 Å². The molecule has 0 fully saturated rings. The Bertz CT molecular complexity index is 1540. The molecule has 5 aromatic rings. The van der Waals surface area contributed by atoms with Crippen LogP contribution in [0.4, 0.5) is 10.3 Å². The highest BCUT2D eigenvalue weighted by atomic mass is 19.1. The Morgan fingerprint density at radius 2 is 2.03 bits per heavy atom. The van der Waals surface area contributed by atoms with E-state index in [0.29, 0.717) is 35.4 Å². The molecule has 1 unspecified atom stereocenters. The third-order valence-corrected chi connectivity index (χ3v) is 6.08. The third kappa shape index (κ3) is 3.92. The number of hydrogen-bond acceptors (Lipinski definition) is 7. The first-order valence-corrected chi connectivity index (χ1v) is 11.2. The fraction of sp³-hybridized carbons (Fsp3) is 0.200. The molecule has 10 heteroatoms. The number of aromatic amines is 1. The molecular weight excluding hydrogens is 447 g/mol. The van der Waals surface area contributed by atoms with Crippen LogP contribution in [0.1, 0.15) is 31.0 Å². The minimum Gasteiger partial charge on any atom is -0.368 e. The van der Waals surface area contributed by atoms with Gasteiger partial charge in [-0.1, -0.05) is 30.7 Å². The maximum Gasteiger partial charge on any atom is 0.220 e. The van der Waals surface area contributed by atoms with Crippen molar-refractivity contribution in [1.29, 1.82) is 0 Å². The number of benzene rings is 1.